The zero-order chi connectivity index (χ0) is 16.7. The molecule has 2 aromatic heterocycles. The van der Waals surface area contributed by atoms with Crippen molar-refractivity contribution in [2.24, 2.45) is 0 Å². The molecule has 0 saturated carbocycles. The Balaban J connectivity index is 1.68. The van der Waals surface area contributed by atoms with Crippen molar-refractivity contribution < 1.29 is 13.9 Å². The fourth-order valence-corrected chi connectivity index (χ4v) is 4.13. The Labute approximate surface area is 143 Å². The first-order valence-corrected chi connectivity index (χ1v) is 8.58. The highest BCUT2D eigenvalue weighted by atomic mass is 32.1. The molecule has 0 spiro atoms. The lowest BCUT2D eigenvalue weighted by atomic mass is 10.2. The van der Waals surface area contributed by atoms with E-state index in [2.05, 4.69) is 15.3 Å². The van der Waals surface area contributed by atoms with Crippen molar-refractivity contribution in [1.29, 1.82) is 0 Å². The third-order valence-electron chi connectivity index (χ3n) is 3.39. The van der Waals surface area contributed by atoms with Crippen LogP contribution in [-0.2, 0) is 4.74 Å². The van der Waals surface area contributed by atoms with Gasteiger partial charge >= 0.3 is 5.97 Å². The number of halogens is 1. The Morgan fingerprint density at radius 2 is 1.92 bits per heavy atom. The average molecular weight is 359 g/mol. The molecule has 24 heavy (non-hydrogen) atoms. The van der Waals surface area contributed by atoms with Gasteiger partial charge in [-0.25, -0.2) is 19.2 Å². The Kier molecular flexibility index (Phi) is 3.62. The van der Waals surface area contributed by atoms with E-state index in [0.717, 1.165) is 14.9 Å². The first-order valence-electron chi connectivity index (χ1n) is 6.95. The van der Waals surface area contributed by atoms with Gasteiger partial charge in [-0.3, -0.25) is 0 Å². The molecule has 0 atom stereocenters. The van der Waals surface area contributed by atoms with Gasteiger partial charge in [0.2, 0.25) is 0 Å². The smallest absolute Gasteiger partial charge is 0.337 e. The molecule has 4 rings (SSSR count). The summed E-state index contributed by atoms with van der Waals surface area (Å²) in [6.07, 6.45) is 0. The number of anilines is 2. The molecule has 0 fully saturated rings. The number of rotatable bonds is 3. The molecule has 5 nitrogen and oxygen atoms in total. The molecule has 0 unspecified atom stereocenters. The number of benzene rings is 2. The summed E-state index contributed by atoms with van der Waals surface area (Å²) in [6, 6.07) is 10.0. The molecule has 0 aliphatic carbocycles. The first kappa shape index (κ1) is 15.0. The molecule has 8 heteroatoms. The van der Waals surface area contributed by atoms with Crippen molar-refractivity contribution in [3.8, 4) is 0 Å². The van der Waals surface area contributed by atoms with Gasteiger partial charge < -0.3 is 10.1 Å². The number of carbonyl (C=O) groups is 1. The summed E-state index contributed by atoms with van der Waals surface area (Å²) in [4.78, 5) is 20.3. The molecule has 120 valence electrons. The number of methoxy groups -OCH3 is 1. The van der Waals surface area contributed by atoms with Crippen molar-refractivity contribution in [3.63, 3.8) is 0 Å². The average Bonchev–Trinajstić information content (AvgIpc) is 3.17. The van der Waals surface area contributed by atoms with E-state index in [4.69, 9.17) is 4.74 Å². The van der Waals surface area contributed by atoms with E-state index >= 15 is 0 Å². The highest BCUT2D eigenvalue weighted by molar-refractivity contribution is 7.24. The van der Waals surface area contributed by atoms with Crippen molar-refractivity contribution in [3.05, 3.63) is 47.8 Å². The summed E-state index contributed by atoms with van der Waals surface area (Å²) >= 11 is 2.75. The molecule has 0 bridgehead atoms. The van der Waals surface area contributed by atoms with Crippen LogP contribution >= 0.6 is 22.7 Å². The lowest BCUT2D eigenvalue weighted by Gasteiger charge is -1.97. The van der Waals surface area contributed by atoms with Crippen LogP contribution in [0.15, 0.2) is 36.4 Å². The molecule has 0 amide bonds. The summed E-state index contributed by atoms with van der Waals surface area (Å²) in [7, 11) is 1.35. The number of esters is 1. The minimum atomic E-state index is -0.388. The second-order valence-corrected chi connectivity index (χ2v) is 6.98. The zero-order valence-corrected chi connectivity index (χ0v) is 14.0. The van der Waals surface area contributed by atoms with Crippen LogP contribution < -0.4 is 5.32 Å². The van der Waals surface area contributed by atoms with E-state index in [9.17, 15) is 9.18 Å². The van der Waals surface area contributed by atoms with E-state index in [1.165, 1.54) is 35.8 Å². The molecule has 2 aromatic carbocycles. The number of hydrogen-bond donors (Lipinski definition) is 1. The van der Waals surface area contributed by atoms with E-state index in [-0.39, 0.29) is 11.8 Å². The SMILES string of the molecule is COC(=O)c1ccc2nc(Nc3nc4c(F)cccc4s3)sc2c1. The quantitative estimate of drug-likeness (QED) is 0.543. The van der Waals surface area contributed by atoms with Crippen LogP contribution in [0.25, 0.3) is 20.4 Å². The minimum Gasteiger partial charge on any atom is -0.465 e. The van der Waals surface area contributed by atoms with Gasteiger partial charge in [-0.15, -0.1) is 0 Å². The number of hydrogen-bond acceptors (Lipinski definition) is 7. The Morgan fingerprint density at radius 3 is 2.71 bits per heavy atom. The van der Waals surface area contributed by atoms with Crippen molar-refractivity contribution in [2.45, 2.75) is 0 Å². The monoisotopic (exact) mass is 359 g/mol. The maximum Gasteiger partial charge on any atom is 0.337 e. The highest BCUT2D eigenvalue weighted by Crippen LogP contribution is 2.33. The van der Waals surface area contributed by atoms with Gasteiger partial charge in [0.1, 0.15) is 11.3 Å². The summed E-state index contributed by atoms with van der Waals surface area (Å²) < 4.78 is 20.1. The minimum absolute atomic E-state index is 0.344. The van der Waals surface area contributed by atoms with Crippen LogP contribution in [0, 0.1) is 5.82 Å². The number of nitrogens with zero attached hydrogens (tertiary/aromatic N) is 2. The summed E-state index contributed by atoms with van der Waals surface area (Å²) in [5, 5.41) is 4.31. The molecule has 4 aromatic rings. The predicted molar refractivity (Wildman–Crippen MR) is 93.8 cm³/mol. The summed E-state index contributed by atoms with van der Waals surface area (Å²) in [5.74, 6) is -0.731. The second kappa shape index (κ2) is 5.81. The fourth-order valence-electron chi connectivity index (χ4n) is 2.28. The molecule has 1 N–H and O–H groups in total. The van der Waals surface area contributed by atoms with Crippen molar-refractivity contribution >= 4 is 59.3 Å². The van der Waals surface area contributed by atoms with Crippen LogP contribution in [0.2, 0.25) is 0 Å². The number of nitrogens with one attached hydrogen (secondary N) is 1. The normalized spacial score (nSPS) is 11.1. The molecule has 0 radical (unpaired) electrons. The molecule has 0 aliphatic rings. The number of ether oxygens (including phenoxy) is 1. The van der Waals surface area contributed by atoms with Gasteiger partial charge in [-0.2, -0.15) is 0 Å². The second-order valence-electron chi connectivity index (χ2n) is 4.92. The van der Waals surface area contributed by atoms with E-state index < -0.39 is 0 Å². The molecular weight excluding hydrogens is 349 g/mol. The number of aromatic nitrogens is 2. The van der Waals surface area contributed by atoms with Crippen LogP contribution in [0.4, 0.5) is 14.7 Å². The predicted octanol–water partition coefficient (Wildman–Crippen LogP) is 4.58. The number of para-hydroxylation sites is 1. The van der Waals surface area contributed by atoms with Crippen molar-refractivity contribution in [2.75, 3.05) is 12.4 Å². The van der Waals surface area contributed by atoms with Gasteiger partial charge in [-0.1, -0.05) is 28.7 Å². The van der Waals surface area contributed by atoms with Gasteiger partial charge in [0, 0.05) is 0 Å². The van der Waals surface area contributed by atoms with Gasteiger partial charge in [0.25, 0.3) is 0 Å². The summed E-state index contributed by atoms with van der Waals surface area (Å²) in [5.41, 5.74) is 1.59. The van der Waals surface area contributed by atoms with E-state index in [1.807, 2.05) is 6.07 Å². The number of carbonyl (C=O) groups excluding carboxylic acids is 1. The molecule has 0 saturated heterocycles. The maximum absolute atomic E-state index is 13.7. The lowest BCUT2D eigenvalue weighted by Crippen LogP contribution is -1.99. The standard InChI is InChI=1S/C16H10FN3O2S2/c1-22-14(21)8-5-6-10-12(7-8)24-15(18-10)20-16-19-13-9(17)3-2-4-11(13)23-16/h2-7H,1H3,(H,18,19,20). The van der Waals surface area contributed by atoms with E-state index in [1.54, 1.807) is 24.3 Å². The topological polar surface area (TPSA) is 64.1 Å². The van der Waals surface area contributed by atoms with Gasteiger partial charge in [0.15, 0.2) is 10.3 Å². The zero-order valence-electron chi connectivity index (χ0n) is 12.4. The highest BCUT2D eigenvalue weighted by Gasteiger charge is 2.12. The Hall–Kier alpha value is -2.58. The maximum atomic E-state index is 13.7. The Bertz CT molecular complexity index is 1070. The van der Waals surface area contributed by atoms with E-state index in [0.29, 0.717) is 21.3 Å². The summed E-state index contributed by atoms with van der Waals surface area (Å²) in [6.45, 7) is 0. The van der Waals surface area contributed by atoms with Crippen LogP contribution in [0.1, 0.15) is 10.4 Å². The van der Waals surface area contributed by atoms with Crippen LogP contribution in [-0.4, -0.2) is 23.0 Å². The lowest BCUT2D eigenvalue weighted by molar-refractivity contribution is 0.0601. The number of thiazole rings is 2. The molecule has 0 aliphatic heterocycles. The largest absolute Gasteiger partial charge is 0.465 e. The van der Waals surface area contributed by atoms with Crippen molar-refractivity contribution in [1.82, 2.24) is 9.97 Å². The third kappa shape index (κ3) is 2.59. The van der Waals surface area contributed by atoms with Crippen LogP contribution in [0.3, 0.4) is 0 Å². The van der Waals surface area contributed by atoms with Crippen LogP contribution in [0.5, 0.6) is 0 Å². The molecular formula is C16H10FN3O2S2. The Morgan fingerprint density at radius 1 is 1.12 bits per heavy atom. The first-order chi connectivity index (χ1) is 11.6. The van der Waals surface area contributed by atoms with Gasteiger partial charge in [-0.05, 0) is 30.3 Å². The molecule has 2 heterocycles. The fraction of sp³-hybridized carbons (Fsp3) is 0.0625. The third-order valence-corrected chi connectivity index (χ3v) is 5.26. The van der Waals surface area contributed by atoms with Gasteiger partial charge in [0.05, 0.1) is 27.6 Å². The number of fused-ring (bicyclic) bond motifs is 2.